The highest BCUT2D eigenvalue weighted by atomic mass is 16.6. The molecule has 7 nitrogen and oxygen atoms in total. The number of ether oxygens (including phenoxy) is 1. The molecule has 1 N–H and O–H groups in total. The van der Waals surface area contributed by atoms with Crippen LogP contribution in [0.1, 0.15) is 31.0 Å². The average molecular weight is 300 g/mol. The van der Waals surface area contributed by atoms with Gasteiger partial charge in [-0.2, -0.15) is 0 Å². The number of benzene rings is 1. The molecule has 7 heteroatoms. The molecule has 2 heterocycles. The minimum atomic E-state index is -0.291. The summed E-state index contributed by atoms with van der Waals surface area (Å²) in [5, 5.41) is 7.20. The van der Waals surface area contributed by atoms with Crippen molar-refractivity contribution in [1.82, 2.24) is 20.3 Å². The first kappa shape index (κ1) is 14.2. The maximum absolute atomic E-state index is 12.0. The molecule has 0 aliphatic heterocycles. The maximum Gasteiger partial charge on any atom is 0.271 e. The largest absolute Gasteiger partial charge is 0.494 e. The summed E-state index contributed by atoms with van der Waals surface area (Å²) in [6, 6.07) is 7.66. The Labute approximate surface area is 126 Å². The van der Waals surface area contributed by atoms with E-state index >= 15 is 0 Å². The Balaban J connectivity index is 1.80. The zero-order valence-electron chi connectivity index (χ0n) is 12.2. The lowest BCUT2D eigenvalue weighted by molar-refractivity contribution is 0.309. The van der Waals surface area contributed by atoms with Gasteiger partial charge in [-0.3, -0.25) is 9.78 Å². The lowest BCUT2D eigenvalue weighted by atomic mass is 10.1. The van der Waals surface area contributed by atoms with Crippen molar-refractivity contribution in [1.29, 1.82) is 0 Å². The molecule has 0 saturated carbocycles. The van der Waals surface area contributed by atoms with Gasteiger partial charge in [-0.15, -0.1) is 0 Å². The van der Waals surface area contributed by atoms with E-state index in [4.69, 9.17) is 4.74 Å². The predicted molar refractivity (Wildman–Crippen MR) is 79.9 cm³/mol. The summed E-state index contributed by atoms with van der Waals surface area (Å²) in [5.41, 5.74) is 1.58. The molecule has 114 valence electrons. The molecule has 0 radical (unpaired) electrons. The van der Waals surface area contributed by atoms with Crippen LogP contribution in [0, 0.1) is 0 Å². The SMILES string of the molecule is CCCCOc1cccc(Cc2nc3nonc3[nH]c2=O)c1. The Bertz CT molecular complexity index is 825. The van der Waals surface area contributed by atoms with Crippen LogP contribution in [-0.4, -0.2) is 26.9 Å². The Morgan fingerprint density at radius 2 is 2.23 bits per heavy atom. The van der Waals surface area contributed by atoms with Crippen molar-refractivity contribution in [2.45, 2.75) is 26.2 Å². The van der Waals surface area contributed by atoms with E-state index in [-0.39, 0.29) is 11.2 Å². The fourth-order valence-electron chi connectivity index (χ4n) is 2.09. The van der Waals surface area contributed by atoms with Crippen LogP contribution in [-0.2, 0) is 6.42 Å². The predicted octanol–water partition coefficient (Wildman–Crippen LogP) is 2.08. The van der Waals surface area contributed by atoms with Gasteiger partial charge in [0.15, 0.2) is 0 Å². The minimum Gasteiger partial charge on any atom is -0.494 e. The highest BCUT2D eigenvalue weighted by molar-refractivity contribution is 5.62. The molecule has 0 aliphatic carbocycles. The first-order chi connectivity index (χ1) is 10.8. The molecule has 0 spiro atoms. The number of nitrogens with one attached hydrogen (secondary N) is 1. The van der Waals surface area contributed by atoms with E-state index in [2.05, 4.69) is 31.8 Å². The number of fused-ring (bicyclic) bond motifs is 1. The quantitative estimate of drug-likeness (QED) is 0.700. The molecule has 0 amide bonds. The van der Waals surface area contributed by atoms with Gasteiger partial charge in [0.25, 0.3) is 5.56 Å². The standard InChI is InChI=1S/C15H16N4O3/c1-2-3-7-21-11-6-4-5-10(8-11)9-12-15(20)17-14-13(16-12)18-22-19-14/h4-6,8H,2-3,7,9H2,1H3,(H,17,19,20). The monoisotopic (exact) mass is 300 g/mol. The van der Waals surface area contributed by atoms with Gasteiger partial charge in [-0.05, 0) is 34.4 Å². The zero-order valence-corrected chi connectivity index (χ0v) is 12.2. The van der Waals surface area contributed by atoms with Crippen LogP contribution in [0.15, 0.2) is 33.7 Å². The maximum atomic E-state index is 12.0. The van der Waals surface area contributed by atoms with Crippen molar-refractivity contribution >= 4 is 11.3 Å². The second-order valence-electron chi connectivity index (χ2n) is 4.98. The number of aromatic amines is 1. The van der Waals surface area contributed by atoms with Gasteiger partial charge in [-0.25, -0.2) is 9.61 Å². The lowest BCUT2D eigenvalue weighted by Crippen LogP contribution is -2.15. The van der Waals surface area contributed by atoms with Crippen LogP contribution in [0.25, 0.3) is 11.3 Å². The molecular weight excluding hydrogens is 284 g/mol. The Hall–Kier alpha value is -2.70. The summed E-state index contributed by atoms with van der Waals surface area (Å²) in [6.45, 7) is 2.81. The van der Waals surface area contributed by atoms with E-state index in [0.717, 1.165) is 24.2 Å². The molecule has 2 aromatic heterocycles. The Kier molecular flexibility index (Phi) is 4.13. The molecule has 3 rings (SSSR count). The van der Waals surface area contributed by atoms with E-state index in [1.807, 2.05) is 24.3 Å². The Morgan fingerprint density at radius 1 is 1.32 bits per heavy atom. The summed E-state index contributed by atoms with van der Waals surface area (Å²) >= 11 is 0. The molecule has 0 aliphatic rings. The fraction of sp³-hybridized carbons (Fsp3) is 0.333. The third-order valence-corrected chi connectivity index (χ3v) is 3.24. The van der Waals surface area contributed by atoms with Crippen molar-refractivity contribution in [3.63, 3.8) is 0 Å². The second kappa shape index (κ2) is 6.38. The topological polar surface area (TPSA) is 93.9 Å². The summed E-state index contributed by atoms with van der Waals surface area (Å²) in [6.07, 6.45) is 2.50. The van der Waals surface area contributed by atoms with E-state index in [0.29, 0.717) is 24.4 Å². The molecule has 1 aromatic carbocycles. The summed E-state index contributed by atoms with van der Waals surface area (Å²) in [5.74, 6) is 0.798. The van der Waals surface area contributed by atoms with Gasteiger partial charge in [-0.1, -0.05) is 25.5 Å². The molecule has 0 saturated heterocycles. The molecular formula is C15H16N4O3. The van der Waals surface area contributed by atoms with Gasteiger partial charge in [0.2, 0.25) is 11.3 Å². The number of H-pyrrole nitrogens is 1. The van der Waals surface area contributed by atoms with E-state index in [1.54, 1.807) is 0 Å². The minimum absolute atomic E-state index is 0.255. The van der Waals surface area contributed by atoms with Gasteiger partial charge < -0.3 is 4.74 Å². The molecule has 0 bridgehead atoms. The lowest BCUT2D eigenvalue weighted by Gasteiger charge is -2.07. The first-order valence-corrected chi connectivity index (χ1v) is 7.19. The molecule has 3 aromatic rings. The van der Waals surface area contributed by atoms with Crippen LogP contribution >= 0.6 is 0 Å². The third kappa shape index (κ3) is 3.13. The normalized spacial score (nSPS) is 11.0. The number of unbranched alkanes of at least 4 members (excludes halogenated alkanes) is 1. The number of nitrogens with zero attached hydrogens (tertiary/aromatic N) is 3. The van der Waals surface area contributed by atoms with Crippen molar-refractivity contribution in [2.24, 2.45) is 0 Å². The van der Waals surface area contributed by atoms with Crippen LogP contribution in [0.5, 0.6) is 5.75 Å². The molecule has 0 fully saturated rings. The number of rotatable bonds is 6. The van der Waals surface area contributed by atoms with Crippen molar-refractivity contribution < 1.29 is 9.37 Å². The molecule has 0 atom stereocenters. The first-order valence-electron chi connectivity index (χ1n) is 7.19. The van der Waals surface area contributed by atoms with Crippen LogP contribution in [0.4, 0.5) is 0 Å². The third-order valence-electron chi connectivity index (χ3n) is 3.24. The molecule has 22 heavy (non-hydrogen) atoms. The number of hydrogen-bond acceptors (Lipinski definition) is 6. The van der Waals surface area contributed by atoms with E-state index in [1.165, 1.54) is 0 Å². The summed E-state index contributed by atoms with van der Waals surface area (Å²) in [7, 11) is 0. The molecule has 0 unspecified atom stereocenters. The van der Waals surface area contributed by atoms with Gasteiger partial charge in [0.05, 0.1) is 6.61 Å². The van der Waals surface area contributed by atoms with Crippen molar-refractivity contribution in [3.8, 4) is 5.75 Å². The Morgan fingerprint density at radius 3 is 3.09 bits per heavy atom. The number of hydrogen-bond donors (Lipinski definition) is 1. The highest BCUT2D eigenvalue weighted by Crippen LogP contribution is 2.15. The van der Waals surface area contributed by atoms with E-state index in [9.17, 15) is 4.79 Å². The van der Waals surface area contributed by atoms with Crippen molar-refractivity contribution in [3.05, 3.63) is 45.9 Å². The summed E-state index contributed by atoms with van der Waals surface area (Å²) in [4.78, 5) is 18.8. The summed E-state index contributed by atoms with van der Waals surface area (Å²) < 4.78 is 10.2. The van der Waals surface area contributed by atoms with Gasteiger partial charge in [0.1, 0.15) is 11.4 Å². The fourth-order valence-corrected chi connectivity index (χ4v) is 2.09. The second-order valence-corrected chi connectivity index (χ2v) is 4.98. The van der Waals surface area contributed by atoms with Crippen LogP contribution in [0.2, 0.25) is 0 Å². The van der Waals surface area contributed by atoms with E-state index < -0.39 is 0 Å². The van der Waals surface area contributed by atoms with Crippen LogP contribution in [0.3, 0.4) is 0 Å². The zero-order chi connectivity index (χ0) is 15.4. The van der Waals surface area contributed by atoms with Crippen molar-refractivity contribution in [2.75, 3.05) is 6.61 Å². The smallest absolute Gasteiger partial charge is 0.271 e. The van der Waals surface area contributed by atoms with Gasteiger partial charge in [0, 0.05) is 6.42 Å². The van der Waals surface area contributed by atoms with Gasteiger partial charge >= 0.3 is 0 Å². The average Bonchev–Trinajstić information content (AvgIpc) is 2.95. The van der Waals surface area contributed by atoms with Crippen LogP contribution < -0.4 is 10.3 Å². The number of aromatic nitrogens is 4. The highest BCUT2D eigenvalue weighted by Gasteiger charge is 2.10.